The first-order valence-electron chi connectivity index (χ1n) is 5.45. The van der Waals surface area contributed by atoms with E-state index in [1.807, 2.05) is 31.2 Å². The van der Waals surface area contributed by atoms with Crippen molar-refractivity contribution in [2.24, 2.45) is 5.73 Å². The molecule has 2 rings (SSSR count). The lowest BCUT2D eigenvalue weighted by atomic mass is 10.1. The van der Waals surface area contributed by atoms with Crippen LogP contribution < -0.4 is 5.73 Å². The zero-order valence-corrected chi connectivity index (χ0v) is 11.1. The molecule has 1 atom stereocenters. The Labute approximate surface area is 116 Å². The molecular weight excluding hydrogens is 270 g/mol. The van der Waals surface area contributed by atoms with Crippen molar-refractivity contribution in [1.29, 1.82) is 0 Å². The highest BCUT2D eigenvalue weighted by Crippen LogP contribution is 2.21. The number of rotatable bonds is 4. The average molecular weight is 284 g/mol. The molecular formula is C12H14ClN3O3. The van der Waals surface area contributed by atoms with Crippen LogP contribution in [0.5, 0.6) is 0 Å². The van der Waals surface area contributed by atoms with E-state index in [-0.39, 0.29) is 24.7 Å². The number of nitrogens with two attached hydrogens (primary N) is 1. The van der Waals surface area contributed by atoms with Gasteiger partial charge in [0.05, 0.1) is 12.5 Å². The highest BCUT2D eigenvalue weighted by molar-refractivity contribution is 5.85. The first kappa shape index (κ1) is 15.1. The zero-order valence-electron chi connectivity index (χ0n) is 10.2. The lowest BCUT2D eigenvalue weighted by molar-refractivity contribution is -0.137. The predicted molar refractivity (Wildman–Crippen MR) is 70.9 cm³/mol. The number of carboxylic acid groups (broad SMARTS) is 1. The van der Waals surface area contributed by atoms with Crippen molar-refractivity contribution in [2.75, 3.05) is 0 Å². The van der Waals surface area contributed by atoms with E-state index in [4.69, 9.17) is 15.4 Å². The minimum Gasteiger partial charge on any atom is -0.481 e. The standard InChI is InChI=1S/C12H13N3O3.ClH/c1-7-4-2-3-5-8(7)11-14-12(18-15-11)9(13)6-10(16)17;/h2-5,9H,6,13H2,1H3,(H,16,17);1H/t9-;/m0./s1. The molecule has 0 unspecified atom stereocenters. The van der Waals surface area contributed by atoms with Crippen LogP contribution in [-0.2, 0) is 4.79 Å². The van der Waals surface area contributed by atoms with Crippen molar-refractivity contribution in [3.05, 3.63) is 35.7 Å². The van der Waals surface area contributed by atoms with Crippen molar-refractivity contribution in [3.8, 4) is 11.4 Å². The highest BCUT2D eigenvalue weighted by atomic mass is 35.5. The van der Waals surface area contributed by atoms with Crippen LogP contribution in [0.4, 0.5) is 0 Å². The van der Waals surface area contributed by atoms with E-state index < -0.39 is 12.0 Å². The van der Waals surface area contributed by atoms with Crippen molar-refractivity contribution < 1.29 is 14.4 Å². The van der Waals surface area contributed by atoms with Crippen LogP contribution in [0.25, 0.3) is 11.4 Å². The number of benzene rings is 1. The number of carbonyl (C=O) groups is 1. The maximum Gasteiger partial charge on any atom is 0.305 e. The molecule has 0 aliphatic rings. The number of carboxylic acids is 1. The quantitative estimate of drug-likeness (QED) is 0.889. The van der Waals surface area contributed by atoms with E-state index in [0.717, 1.165) is 11.1 Å². The Hall–Kier alpha value is -1.92. The third kappa shape index (κ3) is 3.52. The van der Waals surface area contributed by atoms with Gasteiger partial charge < -0.3 is 15.4 Å². The molecule has 0 aliphatic carbocycles. The van der Waals surface area contributed by atoms with Gasteiger partial charge in [-0.1, -0.05) is 29.4 Å². The second-order valence-corrected chi connectivity index (χ2v) is 3.98. The third-order valence-corrected chi connectivity index (χ3v) is 2.54. The predicted octanol–water partition coefficient (Wildman–Crippen LogP) is 1.94. The molecule has 2 aromatic rings. The number of halogens is 1. The summed E-state index contributed by atoms with van der Waals surface area (Å²) in [5.41, 5.74) is 7.50. The van der Waals surface area contributed by atoms with Crippen molar-refractivity contribution in [3.63, 3.8) is 0 Å². The Morgan fingerprint density at radius 3 is 2.79 bits per heavy atom. The molecule has 0 amide bonds. The molecule has 0 spiro atoms. The van der Waals surface area contributed by atoms with Gasteiger partial charge in [-0.15, -0.1) is 12.4 Å². The van der Waals surface area contributed by atoms with Crippen molar-refractivity contribution >= 4 is 18.4 Å². The summed E-state index contributed by atoms with van der Waals surface area (Å²) in [7, 11) is 0. The SMILES string of the molecule is Cc1ccccc1-c1noc([C@@H](N)CC(=O)O)n1.Cl. The Morgan fingerprint density at radius 2 is 2.16 bits per heavy atom. The van der Waals surface area contributed by atoms with Gasteiger partial charge in [0.25, 0.3) is 0 Å². The smallest absolute Gasteiger partial charge is 0.305 e. The number of aromatic nitrogens is 2. The summed E-state index contributed by atoms with van der Waals surface area (Å²) in [6.07, 6.45) is -0.241. The van der Waals surface area contributed by atoms with Gasteiger partial charge in [0, 0.05) is 5.56 Å². The van der Waals surface area contributed by atoms with Crippen molar-refractivity contribution in [2.45, 2.75) is 19.4 Å². The lowest BCUT2D eigenvalue weighted by Crippen LogP contribution is -2.15. The fourth-order valence-corrected chi connectivity index (χ4v) is 1.59. The second kappa shape index (κ2) is 6.31. The number of aryl methyl sites for hydroxylation is 1. The average Bonchev–Trinajstić information content (AvgIpc) is 2.78. The van der Waals surface area contributed by atoms with E-state index in [1.165, 1.54) is 0 Å². The normalized spacial score (nSPS) is 11.7. The fourth-order valence-electron chi connectivity index (χ4n) is 1.59. The topological polar surface area (TPSA) is 102 Å². The molecule has 1 heterocycles. The maximum absolute atomic E-state index is 10.5. The molecule has 0 fully saturated rings. The Kier molecular flexibility index (Phi) is 5.02. The number of aliphatic carboxylic acids is 1. The molecule has 0 radical (unpaired) electrons. The van der Waals surface area contributed by atoms with Crippen LogP contribution >= 0.6 is 12.4 Å². The van der Waals surface area contributed by atoms with E-state index in [9.17, 15) is 4.79 Å². The fraction of sp³-hybridized carbons (Fsp3) is 0.250. The summed E-state index contributed by atoms with van der Waals surface area (Å²) in [6.45, 7) is 1.93. The first-order valence-corrected chi connectivity index (χ1v) is 5.45. The molecule has 0 saturated carbocycles. The first-order chi connectivity index (χ1) is 8.58. The van der Waals surface area contributed by atoms with Crippen LogP contribution in [0.15, 0.2) is 28.8 Å². The van der Waals surface area contributed by atoms with E-state index in [0.29, 0.717) is 5.82 Å². The van der Waals surface area contributed by atoms with Crippen LogP contribution in [0.1, 0.15) is 23.9 Å². The number of nitrogens with zero attached hydrogens (tertiary/aromatic N) is 2. The Balaban J connectivity index is 0.00000180. The molecule has 6 nitrogen and oxygen atoms in total. The second-order valence-electron chi connectivity index (χ2n) is 3.98. The molecule has 7 heteroatoms. The molecule has 1 aromatic heterocycles. The van der Waals surface area contributed by atoms with Crippen LogP contribution in [-0.4, -0.2) is 21.2 Å². The molecule has 102 valence electrons. The van der Waals surface area contributed by atoms with Gasteiger partial charge >= 0.3 is 5.97 Å². The lowest BCUT2D eigenvalue weighted by Gasteiger charge is -2.01. The van der Waals surface area contributed by atoms with Gasteiger partial charge in [-0.25, -0.2) is 0 Å². The number of hydrogen-bond donors (Lipinski definition) is 2. The minimum absolute atomic E-state index is 0. The van der Waals surface area contributed by atoms with Crippen LogP contribution in [0, 0.1) is 6.92 Å². The summed E-state index contributed by atoms with van der Waals surface area (Å²) >= 11 is 0. The van der Waals surface area contributed by atoms with E-state index >= 15 is 0 Å². The van der Waals surface area contributed by atoms with Crippen molar-refractivity contribution in [1.82, 2.24) is 10.1 Å². The summed E-state index contributed by atoms with van der Waals surface area (Å²) in [5, 5.41) is 12.5. The van der Waals surface area contributed by atoms with Crippen LogP contribution in [0.2, 0.25) is 0 Å². The summed E-state index contributed by atoms with van der Waals surface area (Å²) in [6, 6.07) is 6.80. The Morgan fingerprint density at radius 1 is 1.47 bits per heavy atom. The van der Waals surface area contributed by atoms with Crippen LogP contribution in [0.3, 0.4) is 0 Å². The zero-order chi connectivity index (χ0) is 13.1. The van der Waals surface area contributed by atoms with Gasteiger partial charge in [-0.2, -0.15) is 4.98 Å². The number of hydrogen-bond acceptors (Lipinski definition) is 5. The molecule has 3 N–H and O–H groups in total. The minimum atomic E-state index is -1.00. The molecule has 0 bridgehead atoms. The van der Waals surface area contributed by atoms with Gasteiger partial charge in [0.2, 0.25) is 11.7 Å². The van der Waals surface area contributed by atoms with Gasteiger partial charge in [0.1, 0.15) is 0 Å². The highest BCUT2D eigenvalue weighted by Gasteiger charge is 2.18. The van der Waals surface area contributed by atoms with E-state index in [1.54, 1.807) is 0 Å². The Bertz CT molecular complexity index is 571. The van der Waals surface area contributed by atoms with Gasteiger partial charge in [0.15, 0.2) is 0 Å². The van der Waals surface area contributed by atoms with Gasteiger partial charge in [-0.3, -0.25) is 4.79 Å². The molecule has 1 aromatic carbocycles. The summed E-state index contributed by atoms with van der Waals surface area (Å²) in [4.78, 5) is 14.7. The summed E-state index contributed by atoms with van der Waals surface area (Å²) < 4.78 is 4.99. The molecule has 0 saturated heterocycles. The monoisotopic (exact) mass is 283 g/mol. The third-order valence-electron chi connectivity index (χ3n) is 2.54. The molecule has 0 aliphatic heterocycles. The van der Waals surface area contributed by atoms with E-state index in [2.05, 4.69) is 10.1 Å². The summed E-state index contributed by atoms with van der Waals surface area (Å²) in [5.74, 6) is -0.447. The molecule has 19 heavy (non-hydrogen) atoms. The van der Waals surface area contributed by atoms with Gasteiger partial charge in [-0.05, 0) is 12.5 Å². The maximum atomic E-state index is 10.5. The largest absolute Gasteiger partial charge is 0.481 e.